The Hall–Kier alpha value is -6.40. The van der Waals surface area contributed by atoms with Crippen molar-refractivity contribution in [1.29, 1.82) is 0 Å². The molecule has 0 aromatic heterocycles. The molecule has 2 aromatic rings. The number of benzene rings is 2. The van der Waals surface area contributed by atoms with Crippen molar-refractivity contribution >= 4 is 70.6 Å². The highest BCUT2D eigenvalue weighted by Gasteiger charge is 2.35. The zero-order valence-corrected chi connectivity index (χ0v) is 41.6. The summed E-state index contributed by atoms with van der Waals surface area (Å²) in [5, 5.41) is 26.5. The molecular formula is C47H73ClN14O9. The summed E-state index contributed by atoms with van der Waals surface area (Å²) < 4.78 is 0. The predicted molar refractivity (Wildman–Crippen MR) is 268 cm³/mol. The molecule has 0 unspecified atom stereocenters. The molecule has 392 valence electrons. The molecule has 0 radical (unpaired) electrons. The van der Waals surface area contributed by atoms with Crippen LogP contribution in [0, 0.1) is 11.8 Å². The molecule has 2 aromatic carbocycles. The Balaban J connectivity index is 2.10. The molecule has 24 heteroatoms. The fraction of sp³-hybridized carbons (Fsp3) is 0.553. The van der Waals surface area contributed by atoms with Crippen molar-refractivity contribution < 1.29 is 43.2 Å². The molecule has 1 fully saturated rings. The van der Waals surface area contributed by atoms with Crippen LogP contribution >= 0.6 is 11.6 Å². The van der Waals surface area contributed by atoms with Crippen LogP contribution in [0.2, 0.25) is 5.02 Å². The van der Waals surface area contributed by atoms with E-state index in [2.05, 4.69) is 53.2 Å². The SMILES string of the molecule is CC(C)C[C@@H]1NC(=O)[C@H](CCN)NC(=O)[C@H](CCN)NC(=O)[C@H](CC(C)C)NC(=O)[C@@H](Cc2ccccc2)NC(=O)[C@H](CCN)NC(=O)[C@@H](NC(=O)[C@@H](CN)NC(=O)Nc2ccccc2Cl)CCNC1=O. The molecule has 8 atom stereocenters. The highest BCUT2D eigenvalue weighted by atomic mass is 35.5. The molecule has 1 heterocycles. The Kier molecular flexibility index (Phi) is 25.2. The smallest absolute Gasteiger partial charge is 0.319 e. The first-order chi connectivity index (χ1) is 33.8. The van der Waals surface area contributed by atoms with Crippen molar-refractivity contribution in [3.05, 3.63) is 65.2 Å². The van der Waals surface area contributed by atoms with Crippen molar-refractivity contribution in [3.63, 3.8) is 0 Å². The van der Waals surface area contributed by atoms with Crippen molar-refractivity contribution in [2.24, 2.45) is 34.8 Å². The Bertz CT molecular complexity index is 2120. The Labute approximate surface area is 419 Å². The molecule has 0 saturated carbocycles. The minimum atomic E-state index is -1.50. The standard InChI is InChI=1S/C47H73ClN14O9/c1-26(2)22-35-39(63)53-21-17-34(57-46(70)38(25-52)62-47(71)61-30-13-9-8-12-29(30)48)43(67)55-33(16-20-51)42(66)60-37(24-28-10-6-5-7-11-28)45(69)59-36(23-27(3)4)44(68)56-31(14-18-49)40(64)54-32(15-19-50)41(65)58-35/h5-13,26-27,31-38H,14-25,49-52H2,1-4H3,(H,53,63)(H,54,64)(H,55,67)(H,56,68)(H,57,70)(H,58,65)(H,59,69)(H,60,66)(H2,61,62,71)/t31-,32-,33-,34-,35-,36-,37+,38+/m0/s1. The summed E-state index contributed by atoms with van der Waals surface area (Å²) in [7, 11) is 0. The minimum absolute atomic E-state index is 0.0493. The van der Waals surface area contributed by atoms with Crippen LogP contribution < -0.4 is 76.1 Å². The number of amides is 10. The summed E-state index contributed by atoms with van der Waals surface area (Å²) in [6, 6.07) is 3.68. The number of carbonyl (C=O) groups is 9. The molecule has 0 aliphatic carbocycles. The predicted octanol–water partition coefficient (Wildman–Crippen LogP) is -1.92. The highest BCUT2D eigenvalue weighted by Crippen LogP contribution is 2.20. The van der Waals surface area contributed by atoms with Crippen LogP contribution in [0.3, 0.4) is 0 Å². The maximum absolute atomic E-state index is 14.3. The van der Waals surface area contributed by atoms with E-state index in [0.717, 1.165) is 0 Å². The van der Waals surface area contributed by atoms with E-state index in [1.165, 1.54) is 6.07 Å². The summed E-state index contributed by atoms with van der Waals surface area (Å²) in [6.45, 7) is 6.36. The number of nitrogens with one attached hydrogen (secondary N) is 10. The van der Waals surface area contributed by atoms with Crippen LogP contribution in [0.15, 0.2) is 54.6 Å². The number of nitrogens with two attached hydrogens (primary N) is 4. The van der Waals surface area contributed by atoms with Crippen LogP contribution in [0.5, 0.6) is 0 Å². The van der Waals surface area contributed by atoms with Gasteiger partial charge in [0.15, 0.2) is 0 Å². The summed E-state index contributed by atoms with van der Waals surface area (Å²) in [5.74, 6) is -6.64. The molecule has 71 heavy (non-hydrogen) atoms. The van der Waals surface area contributed by atoms with E-state index < -0.39 is 108 Å². The zero-order chi connectivity index (χ0) is 52.6. The number of carbonyl (C=O) groups excluding carboxylic acids is 9. The van der Waals surface area contributed by atoms with Crippen LogP contribution in [0.1, 0.15) is 71.8 Å². The van der Waals surface area contributed by atoms with Crippen LogP contribution in [0.25, 0.3) is 0 Å². The first kappa shape index (κ1) is 58.9. The van der Waals surface area contributed by atoms with Gasteiger partial charge in [0.25, 0.3) is 0 Å². The Morgan fingerprint density at radius 2 is 1.03 bits per heavy atom. The average molecular weight is 1010 g/mol. The van der Waals surface area contributed by atoms with Crippen LogP contribution in [-0.2, 0) is 44.8 Å². The van der Waals surface area contributed by atoms with Gasteiger partial charge in [-0.1, -0.05) is 81.8 Å². The molecular weight excluding hydrogens is 940 g/mol. The molecule has 23 nitrogen and oxygen atoms in total. The first-order valence-corrected chi connectivity index (χ1v) is 24.2. The van der Waals surface area contributed by atoms with Gasteiger partial charge in [-0.15, -0.1) is 0 Å². The van der Waals surface area contributed by atoms with Gasteiger partial charge in [0.1, 0.15) is 48.3 Å². The Morgan fingerprint density at radius 3 is 1.52 bits per heavy atom. The van der Waals surface area contributed by atoms with Gasteiger partial charge in [-0.25, -0.2) is 4.79 Å². The molecule has 1 aliphatic rings. The average Bonchev–Trinajstić information content (AvgIpc) is 3.31. The van der Waals surface area contributed by atoms with Gasteiger partial charge in [-0.05, 0) is 87.7 Å². The van der Waals surface area contributed by atoms with E-state index >= 15 is 0 Å². The first-order valence-electron chi connectivity index (χ1n) is 23.9. The van der Waals surface area contributed by atoms with E-state index in [1.807, 2.05) is 27.7 Å². The van der Waals surface area contributed by atoms with Gasteiger partial charge >= 0.3 is 6.03 Å². The van der Waals surface area contributed by atoms with Gasteiger partial charge in [0, 0.05) is 19.5 Å². The summed E-state index contributed by atoms with van der Waals surface area (Å²) >= 11 is 6.18. The number of hydrogen-bond acceptors (Lipinski definition) is 13. The molecule has 18 N–H and O–H groups in total. The van der Waals surface area contributed by atoms with Gasteiger partial charge in [-0.2, -0.15) is 0 Å². The molecule has 1 saturated heterocycles. The lowest BCUT2D eigenvalue weighted by molar-refractivity contribution is -0.136. The third-order valence-corrected chi connectivity index (χ3v) is 11.5. The molecule has 1 aliphatic heterocycles. The fourth-order valence-corrected chi connectivity index (χ4v) is 7.70. The summed E-state index contributed by atoms with van der Waals surface area (Å²) in [6.07, 6.45) is -0.374. The van der Waals surface area contributed by atoms with Crippen LogP contribution in [0.4, 0.5) is 10.5 Å². The van der Waals surface area contributed by atoms with Gasteiger partial charge < -0.3 is 76.1 Å². The van der Waals surface area contributed by atoms with E-state index in [0.29, 0.717) is 5.56 Å². The lowest BCUT2D eigenvalue weighted by Crippen LogP contribution is -2.61. The quantitative estimate of drug-likeness (QED) is 0.0824. The number of rotatable bonds is 17. The second-order valence-corrected chi connectivity index (χ2v) is 18.5. The molecule has 3 rings (SSSR count). The number of hydrogen-bond donors (Lipinski definition) is 14. The van der Waals surface area contributed by atoms with Gasteiger partial charge in [0.05, 0.1) is 10.7 Å². The maximum Gasteiger partial charge on any atom is 0.319 e. The van der Waals surface area contributed by atoms with E-state index in [9.17, 15) is 43.2 Å². The number of urea groups is 1. The molecule has 0 bridgehead atoms. The maximum atomic E-state index is 14.3. The lowest BCUT2D eigenvalue weighted by atomic mass is 10.00. The van der Waals surface area contributed by atoms with Crippen molar-refractivity contribution in [3.8, 4) is 0 Å². The van der Waals surface area contributed by atoms with Crippen molar-refractivity contribution in [1.82, 2.24) is 47.9 Å². The third kappa shape index (κ3) is 20.1. The van der Waals surface area contributed by atoms with E-state index in [1.54, 1.807) is 48.5 Å². The normalized spacial score (nSPS) is 22.9. The van der Waals surface area contributed by atoms with Gasteiger partial charge in [-0.3, -0.25) is 38.4 Å². The van der Waals surface area contributed by atoms with Crippen molar-refractivity contribution in [2.45, 2.75) is 121 Å². The third-order valence-electron chi connectivity index (χ3n) is 11.2. The summed E-state index contributed by atoms with van der Waals surface area (Å²) in [5.41, 5.74) is 24.5. The van der Waals surface area contributed by atoms with Crippen molar-refractivity contribution in [2.75, 3.05) is 38.0 Å². The monoisotopic (exact) mass is 1010 g/mol. The molecule has 10 amide bonds. The highest BCUT2D eigenvalue weighted by molar-refractivity contribution is 6.33. The topological polar surface area (TPSA) is 378 Å². The zero-order valence-electron chi connectivity index (χ0n) is 40.8. The van der Waals surface area contributed by atoms with E-state index in [-0.39, 0.29) is 93.7 Å². The number of halogens is 1. The minimum Gasteiger partial charge on any atom is -0.354 e. The Morgan fingerprint density at radius 1 is 0.592 bits per heavy atom. The second-order valence-electron chi connectivity index (χ2n) is 18.1. The van der Waals surface area contributed by atoms with E-state index in [4.69, 9.17) is 34.5 Å². The molecule has 0 spiro atoms. The second kappa shape index (κ2) is 30.4. The van der Waals surface area contributed by atoms with Crippen LogP contribution in [-0.4, -0.2) is 134 Å². The number of para-hydroxylation sites is 1. The largest absolute Gasteiger partial charge is 0.354 e. The lowest BCUT2D eigenvalue weighted by Gasteiger charge is -2.28. The van der Waals surface area contributed by atoms with Gasteiger partial charge in [0.2, 0.25) is 47.3 Å². The summed E-state index contributed by atoms with van der Waals surface area (Å²) in [4.78, 5) is 125. The fourth-order valence-electron chi connectivity index (χ4n) is 7.52. The number of anilines is 1.